The van der Waals surface area contributed by atoms with E-state index in [1.807, 2.05) is 0 Å². The minimum atomic E-state index is 0.144. The molecule has 2 unspecified atom stereocenters. The summed E-state index contributed by atoms with van der Waals surface area (Å²) in [5, 5.41) is 0. The van der Waals surface area contributed by atoms with Gasteiger partial charge in [0.2, 0.25) is 0 Å². The van der Waals surface area contributed by atoms with Crippen molar-refractivity contribution < 1.29 is 9.47 Å². The molecule has 0 aromatic rings. The van der Waals surface area contributed by atoms with Gasteiger partial charge in [-0.3, -0.25) is 0 Å². The van der Waals surface area contributed by atoms with Crippen molar-refractivity contribution in [2.45, 2.75) is 64.6 Å². The molecule has 2 rings (SSSR count). The summed E-state index contributed by atoms with van der Waals surface area (Å²) >= 11 is 0. The molecule has 0 saturated carbocycles. The van der Waals surface area contributed by atoms with Crippen LogP contribution in [0, 0.1) is 0 Å². The van der Waals surface area contributed by atoms with Gasteiger partial charge in [0.25, 0.3) is 0 Å². The Morgan fingerprint density at radius 3 is 1.62 bits per heavy atom. The topological polar surface area (TPSA) is 18.5 Å². The summed E-state index contributed by atoms with van der Waals surface area (Å²) in [7, 11) is 0. The second-order valence-electron chi connectivity index (χ2n) is 4.77. The lowest BCUT2D eigenvalue weighted by Crippen LogP contribution is -2.25. The fraction of sp³-hybridized carbons (Fsp3) is 0.714. The van der Waals surface area contributed by atoms with Crippen LogP contribution in [0.5, 0.6) is 0 Å². The standard InChI is InChI=1S/C14H22O2/c1-11(15-13-7-3-4-8-13)12(2)16-14-9-5-6-10-14/h7,9,11-12H,3-6,8,10H2,1-2H3. The minimum absolute atomic E-state index is 0.144. The molecular weight excluding hydrogens is 200 g/mol. The van der Waals surface area contributed by atoms with Gasteiger partial charge in [0.15, 0.2) is 0 Å². The summed E-state index contributed by atoms with van der Waals surface area (Å²) in [6.45, 7) is 4.19. The Morgan fingerprint density at radius 1 is 0.875 bits per heavy atom. The lowest BCUT2D eigenvalue weighted by Gasteiger charge is -2.23. The summed E-state index contributed by atoms with van der Waals surface area (Å²) < 4.78 is 11.8. The molecule has 0 heterocycles. The van der Waals surface area contributed by atoms with Crippen LogP contribution in [-0.4, -0.2) is 12.2 Å². The SMILES string of the molecule is CC(OC1=CCCC1)C(C)OC1=CCCC1. The molecule has 0 amide bonds. The largest absolute Gasteiger partial charge is 0.492 e. The Bertz CT molecular complexity index is 261. The molecule has 2 heteroatoms. The third-order valence-corrected chi connectivity index (χ3v) is 3.33. The van der Waals surface area contributed by atoms with Gasteiger partial charge >= 0.3 is 0 Å². The molecule has 0 aromatic heterocycles. The number of hydrogen-bond acceptors (Lipinski definition) is 2. The van der Waals surface area contributed by atoms with Gasteiger partial charge in [0.1, 0.15) is 12.2 Å². The molecule has 0 N–H and O–H groups in total. The molecule has 0 spiro atoms. The maximum atomic E-state index is 5.89. The van der Waals surface area contributed by atoms with Gasteiger partial charge in [-0.15, -0.1) is 0 Å². The van der Waals surface area contributed by atoms with Crippen molar-refractivity contribution in [1.82, 2.24) is 0 Å². The molecule has 90 valence electrons. The summed E-state index contributed by atoms with van der Waals surface area (Å²) in [6, 6.07) is 0. The molecule has 2 atom stereocenters. The zero-order valence-electron chi connectivity index (χ0n) is 10.4. The minimum Gasteiger partial charge on any atom is -0.492 e. The Balaban J connectivity index is 1.76. The maximum absolute atomic E-state index is 5.89. The van der Waals surface area contributed by atoms with E-state index in [9.17, 15) is 0 Å². The fourth-order valence-electron chi connectivity index (χ4n) is 2.17. The van der Waals surface area contributed by atoms with Gasteiger partial charge < -0.3 is 9.47 Å². The van der Waals surface area contributed by atoms with Crippen LogP contribution in [0.25, 0.3) is 0 Å². The number of allylic oxidation sites excluding steroid dienone is 4. The normalized spacial score (nSPS) is 23.6. The van der Waals surface area contributed by atoms with Crippen LogP contribution in [0.1, 0.15) is 52.4 Å². The Morgan fingerprint density at radius 2 is 1.31 bits per heavy atom. The van der Waals surface area contributed by atoms with Crippen LogP contribution in [0.3, 0.4) is 0 Å². The van der Waals surface area contributed by atoms with Crippen LogP contribution < -0.4 is 0 Å². The van der Waals surface area contributed by atoms with E-state index in [0.717, 1.165) is 24.4 Å². The molecule has 0 bridgehead atoms. The zero-order valence-corrected chi connectivity index (χ0v) is 10.4. The van der Waals surface area contributed by atoms with Crippen molar-refractivity contribution in [3.63, 3.8) is 0 Å². The van der Waals surface area contributed by atoms with Gasteiger partial charge in [-0.1, -0.05) is 0 Å². The Hall–Kier alpha value is -0.920. The highest BCUT2D eigenvalue weighted by atomic mass is 16.5. The fourth-order valence-corrected chi connectivity index (χ4v) is 2.17. The first-order valence-electron chi connectivity index (χ1n) is 6.47. The van der Waals surface area contributed by atoms with Gasteiger partial charge in [-0.2, -0.15) is 0 Å². The molecule has 16 heavy (non-hydrogen) atoms. The monoisotopic (exact) mass is 222 g/mol. The van der Waals surface area contributed by atoms with Crippen molar-refractivity contribution in [2.24, 2.45) is 0 Å². The van der Waals surface area contributed by atoms with Gasteiger partial charge in [0, 0.05) is 12.8 Å². The molecule has 0 saturated heterocycles. The number of hydrogen-bond donors (Lipinski definition) is 0. The quantitative estimate of drug-likeness (QED) is 0.701. The number of ether oxygens (including phenoxy) is 2. The lowest BCUT2D eigenvalue weighted by atomic mass is 10.2. The molecule has 0 aromatic carbocycles. The van der Waals surface area contributed by atoms with Crippen LogP contribution in [0.15, 0.2) is 23.7 Å². The molecule has 2 aliphatic carbocycles. The van der Waals surface area contributed by atoms with Gasteiger partial charge in [-0.05, 0) is 51.7 Å². The van der Waals surface area contributed by atoms with E-state index in [2.05, 4.69) is 26.0 Å². The predicted octanol–water partition coefficient (Wildman–Crippen LogP) is 3.93. The molecule has 0 fully saturated rings. The average molecular weight is 222 g/mol. The van der Waals surface area contributed by atoms with E-state index < -0.39 is 0 Å². The van der Waals surface area contributed by atoms with Crippen molar-refractivity contribution in [2.75, 3.05) is 0 Å². The van der Waals surface area contributed by atoms with Crippen LogP contribution in [0.2, 0.25) is 0 Å². The van der Waals surface area contributed by atoms with Crippen molar-refractivity contribution in [3.05, 3.63) is 23.7 Å². The highest BCUT2D eigenvalue weighted by molar-refractivity contribution is 5.02. The third-order valence-electron chi connectivity index (χ3n) is 3.33. The zero-order chi connectivity index (χ0) is 11.4. The van der Waals surface area contributed by atoms with E-state index in [-0.39, 0.29) is 12.2 Å². The first-order chi connectivity index (χ1) is 7.75. The number of rotatable bonds is 5. The molecule has 2 nitrogen and oxygen atoms in total. The highest BCUT2D eigenvalue weighted by Crippen LogP contribution is 2.24. The summed E-state index contributed by atoms with van der Waals surface area (Å²) in [4.78, 5) is 0. The summed E-state index contributed by atoms with van der Waals surface area (Å²) in [5.41, 5.74) is 0. The first kappa shape index (κ1) is 11.6. The van der Waals surface area contributed by atoms with E-state index in [1.165, 1.54) is 25.7 Å². The van der Waals surface area contributed by atoms with Crippen LogP contribution in [0.4, 0.5) is 0 Å². The van der Waals surface area contributed by atoms with Crippen molar-refractivity contribution in [1.29, 1.82) is 0 Å². The van der Waals surface area contributed by atoms with Crippen molar-refractivity contribution in [3.8, 4) is 0 Å². The highest BCUT2D eigenvalue weighted by Gasteiger charge is 2.19. The summed E-state index contributed by atoms with van der Waals surface area (Å²) in [5.74, 6) is 2.31. The van der Waals surface area contributed by atoms with E-state index in [4.69, 9.17) is 9.47 Å². The van der Waals surface area contributed by atoms with E-state index in [0.29, 0.717) is 0 Å². The third kappa shape index (κ3) is 3.03. The summed E-state index contributed by atoms with van der Waals surface area (Å²) in [6.07, 6.45) is 11.7. The van der Waals surface area contributed by atoms with Gasteiger partial charge in [0.05, 0.1) is 11.5 Å². The predicted molar refractivity (Wildman–Crippen MR) is 65.0 cm³/mol. The Labute approximate surface area is 98.3 Å². The lowest BCUT2D eigenvalue weighted by molar-refractivity contribution is -0.00547. The maximum Gasteiger partial charge on any atom is 0.132 e. The molecule has 2 aliphatic rings. The first-order valence-corrected chi connectivity index (χ1v) is 6.47. The van der Waals surface area contributed by atoms with Gasteiger partial charge in [-0.25, -0.2) is 0 Å². The van der Waals surface area contributed by atoms with E-state index in [1.54, 1.807) is 0 Å². The molecule has 0 aliphatic heterocycles. The second kappa shape index (κ2) is 5.42. The van der Waals surface area contributed by atoms with Crippen LogP contribution in [-0.2, 0) is 9.47 Å². The Kier molecular flexibility index (Phi) is 3.92. The molecular formula is C14H22O2. The molecule has 0 radical (unpaired) electrons. The van der Waals surface area contributed by atoms with E-state index >= 15 is 0 Å². The average Bonchev–Trinajstić information content (AvgIpc) is 2.90. The smallest absolute Gasteiger partial charge is 0.132 e. The van der Waals surface area contributed by atoms with Crippen molar-refractivity contribution >= 4 is 0 Å². The second-order valence-corrected chi connectivity index (χ2v) is 4.77. The van der Waals surface area contributed by atoms with Crippen LogP contribution >= 0.6 is 0 Å².